The number of rotatable bonds is 7. The van der Waals surface area contributed by atoms with Crippen LogP contribution in [0, 0.1) is 5.82 Å². The van der Waals surface area contributed by atoms with Crippen molar-refractivity contribution in [3.63, 3.8) is 0 Å². The minimum atomic E-state index is -0.423. The molecule has 0 aliphatic carbocycles. The van der Waals surface area contributed by atoms with Crippen LogP contribution < -0.4 is 10.6 Å². The second-order valence-corrected chi connectivity index (χ2v) is 6.10. The van der Waals surface area contributed by atoms with Gasteiger partial charge in [0.1, 0.15) is 11.5 Å². The number of aromatic nitrogens is 1. The Kier molecular flexibility index (Phi) is 6.52. The number of ether oxygens (including phenoxy) is 1. The molecule has 1 amide bonds. The van der Waals surface area contributed by atoms with E-state index in [0.29, 0.717) is 22.5 Å². The fourth-order valence-corrected chi connectivity index (χ4v) is 2.64. The summed E-state index contributed by atoms with van der Waals surface area (Å²) in [7, 11) is 0. The Balaban J connectivity index is 1.66. The smallest absolute Gasteiger partial charge is 0.340 e. The molecule has 3 rings (SSSR count). The summed E-state index contributed by atoms with van der Waals surface area (Å²) < 4.78 is 18.7. The van der Waals surface area contributed by atoms with Gasteiger partial charge in [-0.05, 0) is 37.3 Å². The molecule has 29 heavy (non-hydrogen) atoms. The van der Waals surface area contributed by atoms with Crippen molar-refractivity contribution in [1.82, 2.24) is 10.3 Å². The van der Waals surface area contributed by atoms with E-state index in [9.17, 15) is 14.0 Å². The first-order valence-electron chi connectivity index (χ1n) is 9.09. The van der Waals surface area contributed by atoms with Crippen LogP contribution in [-0.2, 0) is 11.3 Å². The molecule has 0 radical (unpaired) electrons. The lowest BCUT2D eigenvalue weighted by molar-refractivity contribution is 0.0527. The number of esters is 1. The molecule has 6 nitrogen and oxygen atoms in total. The van der Waals surface area contributed by atoms with Gasteiger partial charge in [0.25, 0.3) is 5.91 Å². The zero-order valence-electron chi connectivity index (χ0n) is 15.8. The molecule has 2 N–H and O–H groups in total. The fraction of sp³-hybridized carbons (Fsp3) is 0.136. The summed E-state index contributed by atoms with van der Waals surface area (Å²) in [5.41, 5.74) is 2.18. The molecular weight excluding hydrogens is 373 g/mol. The minimum Gasteiger partial charge on any atom is -0.462 e. The maximum absolute atomic E-state index is 13.6. The highest BCUT2D eigenvalue weighted by molar-refractivity contribution is 5.96. The Morgan fingerprint density at radius 1 is 1.03 bits per heavy atom. The Bertz CT molecular complexity index is 1010. The van der Waals surface area contributed by atoms with E-state index in [1.807, 2.05) is 0 Å². The van der Waals surface area contributed by atoms with Crippen molar-refractivity contribution < 1.29 is 18.7 Å². The van der Waals surface area contributed by atoms with Crippen molar-refractivity contribution in [1.29, 1.82) is 0 Å². The highest BCUT2D eigenvalue weighted by Gasteiger charge is 2.13. The van der Waals surface area contributed by atoms with Crippen LogP contribution in [0.2, 0.25) is 0 Å². The molecule has 0 saturated carbocycles. The minimum absolute atomic E-state index is 0.0695. The highest BCUT2D eigenvalue weighted by atomic mass is 19.1. The SMILES string of the molecule is CCOC(=O)c1ccccc1Nc1ccc(C(=O)NCc2ccccc2F)nc1. The first-order chi connectivity index (χ1) is 14.1. The third-order valence-electron chi connectivity index (χ3n) is 4.09. The summed E-state index contributed by atoms with van der Waals surface area (Å²) in [4.78, 5) is 28.4. The molecule has 7 heteroatoms. The normalized spacial score (nSPS) is 10.3. The molecule has 1 aromatic heterocycles. The second kappa shape index (κ2) is 9.45. The monoisotopic (exact) mass is 393 g/mol. The predicted octanol–water partition coefficient (Wildman–Crippen LogP) is 4.07. The standard InChI is InChI=1S/C22H20FN3O3/c1-2-29-22(28)17-8-4-6-10-19(17)26-16-11-12-20(24-14-16)21(27)25-13-15-7-3-5-9-18(15)23/h3-12,14,26H,2,13H2,1H3,(H,25,27). The van der Waals surface area contributed by atoms with Crippen molar-refractivity contribution >= 4 is 23.3 Å². The van der Waals surface area contributed by atoms with Crippen LogP contribution in [-0.4, -0.2) is 23.5 Å². The molecule has 0 bridgehead atoms. The van der Waals surface area contributed by atoms with E-state index in [2.05, 4.69) is 15.6 Å². The first kappa shape index (κ1) is 20.0. The van der Waals surface area contributed by atoms with Gasteiger partial charge in [0.05, 0.1) is 29.7 Å². The quantitative estimate of drug-likeness (QED) is 0.592. The molecule has 0 fully saturated rings. The van der Waals surface area contributed by atoms with Crippen molar-refractivity contribution in [2.45, 2.75) is 13.5 Å². The Morgan fingerprint density at radius 3 is 2.52 bits per heavy atom. The molecule has 2 aromatic carbocycles. The van der Waals surface area contributed by atoms with Gasteiger partial charge in [-0.15, -0.1) is 0 Å². The number of nitrogens with zero attached hydrogens (tertiary/aromatic N) is 1. The van der Waals surface area contributed by atoms with Crippen molar-refractivity contribution in [2.24, 2.45) is 0 Å². The van der Waals surface area contributed by atoms with Gasteiger partial charge in [0.15, 0.2) is 0 Å². The van der Waals surface area contributed by atoms with Crippen LogP contribution in [0.15, 0.2) is 66.9 Å². The van der Waals surface area contributed by atoms with E-state index in [0.717, 1.165) is 0 Å². The first-order valence-corrected chi connectivity index (χ1v) is 9.09. The topological polar surface area (TPSA) is 80.3 Å². The van der Waals surface area contributed by atoms with Crippen LogP contribution in [0.4, 0.5) is 15.8 Å². The summed E-state index contributed by atoms with van der Waals surface area (Å²) in [5.74, 6) is -1.21. The number of pyridine rings is 1. The van der Waals surface area contributed by atoms with E-state index < -0.39 is 11.9 Å². The van der Waals surface area contributed by atoms with E-state index in [4.69, 9.17) is 4.74 Å². The maximum atomic E-state index is 13.6. The maximum Gasteiger partial charge on any atom is 0.340 e. The van der Waals surface area contributed by atoms with Crippen LogP contribution >= 0.6 is 0 Å². The molecule has 0 aliphatic heterocycles. The number of carbonyl (C=O) groups is 2. The number of hydrogen-bond acceptors (Lipinski definition) is 5. The molecular formula is C22H20FN3O3. The molecule has 0 saturated heterocycles. The van der Waals surface area contributed by atoms with Crippen molar-refractivity contribution in [2.75, 3.05) is 11.9 Å². The number of para-hydroxylation sites is 1. The van der Waals surface area contributed by atoms with E-state index in [1.165, 1.54) is 12.3 Å². The van der Waals surface area contributed by atoms with Gasteiger partial charge >= 0.3 is 5.97 Å². The highest BCUT2D eigenvalue weighted by Crippen LogP contribution is 2.21. The number of nitrogens with one attached hydrogen (secondary N) is 2. The van der Waals surface area contributed by atoms with Crippen molar-refractivity contribution in [3.05, 3.63) is 89.5 Å². The number of halogens is 1. The zero-order valence-corrected chi connectivity index (χ0v) is 15.8. The fourth-order valence-electron chi connectivity index (χ4n) is 2.64. The number of benzene rings is 2. The van der Waals surface area contributed by atoms with Gasteiger partial charge in [-0.1, -0.05) is 30.3 Å². The van der Waals surface area contributed by atoms with Gasteiger partial charge in [-0.2, -0.15) is 0 Å². The number of anilines is 2. The summed E-state index contributed by atoms with van der Waals surface area (Å²) in [6, 6.07) is 16.4. The van der Waals surface area contributed by atoms with Crippen LogP contribution in [0.5, 0.6) is 0 Å². The van der Waals surface area contributed by atoms with Gasteiger partial charge in [-0.3, -0.25) is 4.79 Å². The van der Waals surface area contributed by atoms with E-state index in [1.54, 1.807) is 61.5 Å². The Hall–Kier alpha value is -3.74. The van der Waals surface area contributed by atoms with Crippen LogP contribution in [0.3, 0.4) is 0 Å². The van der Waals surface area contributed by atoms with Crippen LogP contribution in [0.1, 0.15) is 33.3 Å². The largest absolute Gasteiger partial charge is 0.462 e. The zero-order chi connectivity index (χ0) is 20.6. The summed E-state index contributed by atoms with van der Waals surface area (Å²) in [6.45, 7) is 2.10. The van der Waals surface area contributed by atoms with Gasteiger partial charge in [-0.25, -0.2) is 14.2 Å². The summed E-state index contributed by atoms with van der Waals surface area (Å²) in [6.07, 6.45) is 1.49. The number of hydrogen-bond donors (Lipinski definition) is 2. The van der Waals surface area contributed by atoms with E-state index in [-0.39, 0.29) is 24.7 Å². The van der Waals surface area contributed by atoms with Crippen LogP contribution in [0.25, 0.3) is 0 Å². The summed E-state index contributed by atoms with van der Waals surface area (Å²) in [5, 5.41) is 5.74. The average molecular weight is 393 g/mol. The predicted molar refractivity (Wildman–Crippen MR) is 107 cm³/mol. The average Bonchev–Trinajstić information content (AvgIpc) is 2.74. The molecule has 3 aromatic rings. The Morgan fingerprint density at radius 2 is 1.79 bits per heavy atom. The number of amides is 1. The lowest BCUT2D eigenvalue weighted by Gasteiger charge is -2.11. The number of carbonyl (C=O) groups excluding carboxylic acids is 2. The van der Waals surface area contributed by atoms with Gasteiger partial charge in [0.2, 0.25) is 0 Å². The molecule has 0 atom stereocenters. The summed E-state index contributed by atoms with van der Waals surface area (Å²) >= 11 is 0. The Labute approximate surface area is 167 Å². The molecule has 148 valence electrons. The molecule has 1 heterocycles. The second-order valence-electron chi connectivity index (χ2n) is 6.10. The third kappa shape index (κ3) is 5.16. The molecule has 0 unspecified atom stereocenters. The third-order valence-corrected chi connectivity index (χ3v) is 4.09. The van der Waals surface area contributed by atoms with E-state index >= 15 is 0 Å². The van der Waals surface area contributed by atoms with Gasteiger partial charge in [0, 0.05) is 12.1 Å². The van der Waals surface area contributed by atoms with Crippen molar-refractivity contribution in [3.8, 4) is 0 Å². The van der Waals surface area contributed by atoms with Gasteiger partial charge < -0.3 is 15.4 Å². The molecule has 0 aliphatic rings. The molecule has 0 spiro atoms. The lowest BCUT2D eigenvalue weighted by atomic mass is 10.1. The lowest BCUT2D eigenvalue weighted by Crippen LogP contribution is -2.24.